The first-order valence-electron chi connectivity index (χ1n) is 8.15. The quantitative estimate of drug-likeness (QED) is 0.695. The molecule has 24 heavy (non-hydrogen) atoms. The molecule has 134 valence electrons. The molecule has 0 spiro atoms. The average Bonchev–Trinajstić information content (AvgIpc) is 2.87. The molecule has 0 unspecified atom stereocenters. The van der Waals surface area contributed by atoms with Gasteiger partial charge in [0.15, 0.2) is 9.84 Å². The monoisotopic (exact) mass is 355 g/mol. The fraction of sp³-hybridized carbons (Fsp3) is 0.588. The highest BCUT2D eigenvalue weighted by Crippen LogP contribution is 2.25. The van der Waals surface area contributed by atoms with Gasteiger partial charge in [-0.1, -0.05) is 12.1 Å². The zero-order valence-electron chi connectivity index (χ0n) is 14.0. The number of benzene rings is 1. The Bertz CT molecular complexity index is 669. The molecule has 1 aliphatic rings. The molecule has 7 heteroatoms. The Morgan fingerprint density at radius 1 is 1.25 bits per heavy atom. The van der Waals surface area contributed by atoms with Gasteiger partial charge in [-0.05, 0) is 44.4 Å². The number of amides is 1. The second-order valence-electron chi connectivity index (χ2n) is 6.66. The van der Waals surface area contributed by atoms with E-state index in [2.05, 4.69) is 5.32 Å². The summed E-state index contributed by atoms with van der Waals surface area (Å²) in [4.78, 5) is 12.3. The van der Waals surface area contributed by atoms with E-state index in [1.165, 1.54) is 12.1 Å². The van der Waals surface area contributed by atoms with E-state index in [0.29, 0.717) is 12.8 Å². The molecule has 1 amide bonds. The first-order valence-corrected chi connectivity index (χ1v) is 9.69. The molecule has 0 heterocycles. The van der Waals surface area contributed by atoms with Crippen LogP contribution in [-0.2, 0) is 21.1 Å². The molecule has 1 aromatic carbocycles. The van der Waals surface area contributed by atoms with Gasteiger partial charge in [-0.15, -0.1) is 0 Å². The Hall–Kier alpha value is -1.44. The van der Waals surface area contributed by atoms with Gasteiger partial charge in [0.2, 0.25) is 5.91 Å². The van der Waals surface area contributed by atoms with Gasteiger partial charge in [0.05, 0.1) is 22.7 Å². The number of hydrogen-bond donors (Lipinski definition) is 3. The summed E-state index contributed by atoms with van der Waals surface area (Å²) in [7, 11) is -3.31. The van der Waals surface area contributed by atoms with Crippen LogP contribution in [0.15, 0.2) is 29.2 Å². The summed E-state index contributed by atoms with van der Waals surface area (Å²) in [5, 5.41) is 21.2. The second kappa shape index (κ2) is 7.63. The lowest BCUT2D eigenvalue weighted by Crippen LogP contribution is -2.34. The van der Waals surface area contributed by atoms with Crippen LogP contribution in [0.25, 0.3) is 0 Å². The topological polar surface area (TPSA) is 104 Å². The van der Waals surface area contributed by atoms with E-state index in [4.69, 9.17) is 5.11 Å². The normalized spacial score (nSPS) is 24.3. The van der Waals surface area contributed by atoms with Crippen LogP contribution >= 0.6 is 0 Å². The summed E-state index contributed by atoms with van der Waals surface area (Å²) in [6.07, 6.45) is 0.580. The first kappa shape index (κ1) is 18.9. The number of aliphatic hydroxyl groups is 2. The maximum atomic E-state index is 12.1. The summed E-state index contributed by atoms with van der Waals surface area (Å²) in [5.74, 6) is -0.360. The molecule has 1 saturated carbocycles. The van der Waals surface area contributed by atoms with Crippen molar-refractivity contribution in [3.05, 3.63) is 29.8 Å². The van der Waals surface area contributed by atoms with Gasteiger partial charge in [-0.3, -0.25) is 4.79 Å². The van der Waals surface area contributed by atoms with Crippen LogP contribution in [-0.4, -0.2) is 48.5 Å². The van der Waals surface area contributed by atoms with Crippen LogP contribution in [0.1, 0.15) is 32.3 Å². The molecule has 0 aliphatic heterocycles. The predicted octanol–water partition coefficient (Wildman–Crippen LogP) is 0.659. The van der Waals surface area contributed by atoms with Crippen molar-refractivity contribution in [2.45, 2.75) is 55.4 Å². The smallest absolute Gasteiger partial charge is 0.224 e. The molecule has 0 saturated heterocycles. The Labute approximate surface area is 142 Å². The lowest BCUT2D eigenvalue weighted by molar-refractivity contribution is -0.121. The summed E-state index contributed by atoms with van der Waals surface area (Å²) in [5.41, 5.74) is 0.729. The number of carbonyl (C=O) groups excluding carboxylic acids is 1. The molecule has 1 aromatic rings. The van der Waals surface area contributed by atoms with Crippen molar-refractivity contribution in [2.75, 3.05) is 6.61 Å². The van der Waals surface area contributed by atoms with Gasteiger partial charge in [0.1, 0.15) is 0 Å². The fourth-order valence-corrected chi connectivity index (χ4v) is 4.01. The van der Waals surface area contributed by atoms with E-state index in [9.17, 15) is 18.3 Å². The van der Waals surface area contributed by atoms with E-state index in [1.807, 2.05) is 0 Å². The maximum absolute atomic E-state index is 12.1. The van der Waals surface area contributed by atoms with Crippen molar-refractivity contribution < 1.29 is 23.4 Å². The number of hydrogen-bond acceptors (Lipinski definition) is 5. The highest BCUT2D eigenvalue weighted by molar-refractivity contribution is 7.92. The summed E-state index contributed by atoms with van der Waals surface area (Å²) >= 11 is 0. The van der Waals surface area contributed by atoms with E-state index < -0.39 is 21.2 Å². The standard InChI is InChI=1S/C17H25NO5S/c1-11(2)24(22,23)15-5-3-12(4-6-15)7-17(21)18-14-8-13(10-19)16(20)9-14/h3-6,11,13-14,16,19-20H,7-10H2,1-2H3,(H,18,21)/t13-,14-,16-/m0/s1. The van der Waals surface area contributed by atoms with Crippen molar-refractivity contribution in [1.29, 1.82) is 0 Å². The molecule has 0 bridgehead atoms. The van der Waals surface area contributed by atoms with E-state index in [1.54, 1.807) is 26.0 Å². The average molecular weight is 355 g/mol. The van der Waals surface area contributed by atoms with Crippen LogP contribution in [0, 0.1) is 5.92 Å². The summed E-state index contributed by atoms with van der Waals surface area (Å²) in [6, 6.07) is 6.22. The van der Waals surface area contributed by atoms with Crippen LogP contribution in [0.3, 0.4) is 0 Å². The van der Waals surface area contributed by atoms with Crippen molar-refractivity contribution in [2.24, 2.45) is 5.92 Å². The van der Waals surface area contributed by atoms with E-state index >= 15 is 0 Å². The van der Waals surface area contributed by atoms with Crippen molar-refractivity contribution >= 4 is 15.7 Å². The van der Waals surface area contributed by atoms with Crippen LogP contribution < -0.4 is 5.32 Å². The molecular weight excluding hydrogens is 330 g/mol. The largest absolute Gasteiger partial charge is 0.396 e. The first-order chi connectivity index (χ1) is 11.2. The Balaban J connectivity index is 1.93. The number of aliphatic hydroxyl groups excluding tert-OH is 2. The maximum Gasteiger partial charge on any atom is 0.224 e. The molecule has 1 fully saturated rings. The SMILES string of the molecule is CC(C)S(=O)(=O)c1ccc(CC(=O)N[C@H]2C[C@@H](CO)[C@@H](O)C2)cc1. The van der Waals surface area contributed by atoms with Gasteiger partial charge >= 0.3 is 0 Å². The molecule has 0 radical (unpaired) electrons. The molecular formula is C17H25NO5S. The Kier molecular flexibility index (Phi) is 6.01. The number of carbonyl (C=O) groups is 1. The fourth-order valence-electron chi connectivity index (χ4n) is 2.95. The Morgan fingerprint density at radius 2 is 1.88 bits per heavy atom. The minimum Gasteiger partial charge on any atom is -0.396 e. The van der Waals surface area contributed by atoms with Gasteiger partial charge < -0.3 is 15.5 Å². The molecule has 2 rings (SSSR count). The number of nitrogens with one attached hydrogen (secondary N) is 1. The minimum atomic E-state index is -3.31. The minimum absolute atomic E-state index is 0.0840. The van der Waals surface area contributed by atoms with Gasteiger partial charge in [-0.25, -0.2) is 8.42 Å². The highest BCUT2D eigenvalue weighted by Gasteiger charge is 2.33. The van der Waals surface area contributed by atoms with E-state index in [-0.39, 0.29) is 35.8 Å². The zero-order chi connectivity index (χ0) is 17.9. The molecule has 1 aliphatic carbocycles. The van der Waals surface area contributed by atoms with Gasteiger partial charge in [-0.2, -0.15) is 0 Å². The number of sulfone groups is 1. The lowest BCUT2D eigenvalue weighted by Gasteiger charge is -2.13. The molecule has 6 nitrogen and oxygen atoms in total. The molecule has 3 atom stereocenters. The van der Waals surface area contributed by atoms with Gasteiger partial charge in [0, 0.05) is 18.6 Å². The highest BCUT2D eigenvalue weighted by atomic mass is 32.2. The summed E-state index contributed by atoms with van der Waals surface area (Å²) < 4.78 is 24.1. The third-order valence-electron chi connectivity index (χ3n) is 4.49. The lowest BCUT2D eigenvalue weighted by atomic mass is 10.1. The zero-order valence-corrected chi connectivity index (χ0v) is 14.8. The number of rotatable bonds is 6. The third kappa shape index (κ3) is 4.34. The van der Waals surface area contributed by atoms with Crippen LogP contribution in [0.4, 0.5) is 0 Å². The van der Waals surface area contributed by atoms with Crippen LogP contribution in [0.5, 0.6) is 0 Å². The van der Waals surface area contributed by atoms with Crippen molar-refractivity contribution in [3.8, 4) is 0 Å². The molecule has 0 aromatic heterocycles. The Morgan fingerprint density at radius 3 is 2.38 bits per heavy atom. The van der Waals surface area contributed by atoms with Crippen molar-refractivity contribution in [1.82, 2.24) is 5.32 Å². The molecule has 3 N–H and O–H groups in total. The van der Waals surface area contributed by atoms with Crippen LogP contribution in [0.2, 0.25) is 0 Å². The van der Waals surface area contributed by atoms with Gasteiger partial charge in [0.25, 0.3) is 0 Å². The third-order valence-corrected chi connectivity index (χ3v) is 6.66. The second-order valence-corrected chi connectivity index (χ2v) is 9.16. The van der Waals surface area contributed by atoms with Crippen molar-refractivity contribution in [3.63, 3.8) is 0 Å². The summed E-state index contributed by atoms with van der Waals surface area (Å²) in [6.45, 7) is 3.18. The predicted molar refractivity (Wildman–Crippen MR) is 90.2 cm³/mol. The van der Waals surface area contributed by atoms with E-state index in [0.717, 1.165) is 5.56 Å².